The number of hydrogen-bond donors (Lipinski definition) is 1. The lowest BCUT2D eigenvalue weighted by Crippen LogP contribution is -2.27. The van der Waals surface area contributed by atoms with Gasteiger partial charge < -0.3 is 14.6 Å². The van der Waals surface area contributed by atoms with Crippen LogP contribution in [0.2, 0.25) is 0 Å². The van der Waals surface area contributed by atoms with E-state index in [0.29, 0.717) is 42.5 Å². The third-order valence-corrected chi connectivity index (χ3v) is 4.92. The fourth-order valence-corrected chi connectivity index (χ4v) is 4.00. The first-order valence-electron chi connectivity index (χ1n) is 10.8. The molecule has 0 aromatic rings. The zero-order chi connectivity index (χ0) is 21.1. The van der Waals surface area contributed by atoms with Crippen LogP contribution in [0.15, 0.2) is 12.7 Å². The van der Waals surface area contributed by atoms with Crippen molar-refractivity contribution in [1.29, 1.82) is 0 Å². The normalized spacial score (nSPS) is 17.4. The highest BCUT2D eigenvalue weighted by atomic mass is 16.5. The number of ether oxygens (including phenoxy) is 2. The molecule has 4 unspecified atom stereocenters. The molecule has 0 amide bonds. The van der Waals surface area contributed by atoms with E-state index < -0.39 is 6.10 Å². The third kappa shape index (κ3) is 16.3. The molecule has 0 heterocycles. The van der Waals surface area contributed by atoms with Crippen LogP contribution in [0, 0.1) is 28.6 Å². The Morgan fingerprint density at radius 1 is 0.852 bits per heavy atom. The average Bonchev–Trinajstić information content (AvgIpc) is 2.47. The SMILES string of the molecule is C=CCOCC(O)COCC(CCC(C)CC(C)(C)C)C(C)CC(C)(C)C. The minimum Gasteiger partial charge on any atom is -0.388 e. The van der Waals surface area contributed by atoms with Crippen LogP contribution in [0.1, 0.15) is 81.1 Å². The average molecular weight is 385 g/mol. The molecule has 1 N–H and O–H groups in total. The molecule has 162 valence electrons. The largest absolute Gasteiger partial charge is 0.388 e. The highest BCUT2D eigenvalue weighted by Crippen LogP contribution is 2.33. The Morgan fingerprint density at radius 2 is 1.41 bits per heavy atom. The molecule has 27 heavy (non-hydrogen) atoms. The van der Waals surface area contributed by atoms with E-state index in [1.807, 2.05) is 0 Å². The van der Waals surface area contributed by atoms with Crippen molar-refractivity contribution in [2.24, 2.45) is 28.6 Å². The van der Waals surface area contributed by atoms with Crippen LogP contribution in [-0.2, 0) is 9.47 Å². The predicted molar refractivity (Wildman–Crippen MR) is 117 cm³/mol. The molecule has 0 aliphatic heterocycles. The van der Waals surface area contributed by atoms with Gasteiger partial charge in [-0.25, -0.2) is 0 Å². The summed E-state index contributed by atoms with van der Waals surface area (Å²) in [5.41, 5.74) is 0.713. The van der Waals surface area contributed by atoms with Crippen molar-refractivity contribution in [3.05, 3.63) is 12.7 Å². The van der Waals surface area contributed by atoms with Gasteiger partial charge in [0.15, 0.2) is 0 Å². The molecular formula is C24H48O3. The van der Waals surface area contributed by atoms with Crippen LogP contribution in [0.4, 0.5) is 0 Å². The first-order chi connectivity index (χ1) is 12.3. The third-order valence-electron chi connectivity index (χ3n) is 4.92. The standard InChI is InChI=1S/C24H48O3/c1-10-13-26-17-22(25)18-27-16-21(20(3)15-24(7,8)9)12-11-19(2)14-23(4,5)6/h10,19-22,25H,1,11-18H2,2-9H3. The number of rotatable bonds is 14. The van der Waals surface area contributed by atoms with Gasteiger partial charge in [-0.05, 0) is 47.8 Å². The Hall–Kier alpha value is -0.380. The maximum Gasteiger partial charge on any atom is 0.101 e. The smallest absolute Gasteiger partial charge is 0.101 e. The Balaban J connectivity index is 4.54. The maximum absolute atomic E-state index is 9.98. The summed E-state index contributed by atoms with van der Waals surface area (Å²) in [5, 5.41) is 9.98. The van der Waals surface area contributed by atoms with Gasteiger partial charge in [0.2, 0.25) is 0 Å². The van der Waals surface area contributed by atoms with Crippen LogP contribution in [0.3, 0.4) is 0 Å². The van der Waals surface area contributed by atoms with Gasteiger partial charge in [0.25, 0.3) is 0 Å². The van der Waals surface area contributed by atoms with Gasteiger partial charge in [0.1, 0.15) is 6.10 Å². The van der Waals surface area contributed by atoms with Crippen molar-refractivity contribution < 1.29 is 14.6 Å². The molecular weight excluding hydrogens is 336 g/mol. The summed E-state index contributed by atoms with van der Waals surface area (Å²) in [6.07, 6.45) is 6.01. The quantitative estimate of drug-likeness (QED) is 0.290. The Bertz CT molecular complexity index is 378. The van der Waals surface area contributed by atoms with E-state index in [2.05, 4.69) is 62.0 Å². The van der Waals surface area contributed by atoms with Crippen LogP contribution in [0.25, 0.3) is 0 Å². The Labute approximate surface area is 169 Å². The summed E-state index contributed by atoms with van der Waals surface area (Å²) in [5.74, 6) is 1.88. The summed E-state index contributed by atoms with van der Waals surface area (Å²) in [7, 11) is 0. The fourth-order valence-electron chi connectivity index (χ4n) is 4.00. The summed E-state index contributed by atoms with van der Waals surface area (Å²) >= 11 is 0. The fraction of sp³-hybridized carbons (Fsp3) is 0.917. The lowest BCUT2D eigenvalue weighted by Gasteiger charge is -2.31. The van der Waals surface area contributed by atoms with E-state index in [0.717, 1.165) is 12.5 Å². The molecule has 0 rings (SSSR count). The van der Waals surface area contributed by atoms with E-state index in [9.17, 15) is 5.11 Å². The predicted octanol–water partition coefficient (Wildman–Crippen LogP) is 6.11. The highest BCUT2D eigenvalue weighted by molar-refractivity contribution is 4.75. The van der Waals surface area contributed by atoms with E-state index in [4.69, 9.17) is 9.47 Å². The van der Waals surface area contributed by atoms with Crippen LogP contribution >= 0.6 is 0 Å². The van der Waals surface area contributed by atoms with Gasteiger partial charge in [0.05, 0.1) is 19.8 Å². The number of aliphatic hydroxyl groups is 1. The van der Waals surface area contributed by atoms with Crippen molar-refractivity contribution >= 4 is 0 Å². The maximum atomic E-state index is 9.98. The van der Waals surface area contributed by atoms with E-state index >= 15 is 0 Å². The summed E-state index contributed by atoms with van der Waals surface area (Å²) < 4.78 is 11.2. The zero-order valence-corrected chi connectivity index (χ0v) is 19.5. The van der Waals surface area contributed by atoms with E-state index in [1.54, 1.807) is 6.08 Å². The molecule has 0 saturated heterocycles. The van der Waals surface area contributed by atoms with Gasteiger partial charge in [-0.3, -0.25) is 0 Å². The van der Waals surface area contributed by atoms with Crippen molar-refractivity contribution in [1.82, 2.24) is 0 Å². The van der Waals surface area contributed by atoms with Crippen molar-refractivity contribution in [2.45, 2.75) is 87.2 Å². The molecule has 0 spiro atoms. The second kappa shape index (κ2) is 13.0. The van der Waals surface area contributed by atoms with Crippen LogP contribution in [-0.4, -0.2) is 37.6 Å². The van der Waals surface area contributed by atoms with Crippen molar-refractivity contribution in [3.63, 3.8) is 0 Å². The summed E-state index contributed by atoms with van der Waals surface area (Å²) in [4.78, 5) is 0. The van der Waals surface area contributed by atoms with Crippen molar-refractivity contribution in [2.75, 3.05) is 26.4 Å². The molecule has 0 bridgehead atoms. The molecule has 0 aliphatic carbocycles. The first kappa shape index (κ1) is 26.6. The number of aliphatic hydroxyl groups excluding tert-OH is 1. The summed E-state index contributed by atoms with van der Waals surface area (Å²) in [6, 6.07) is 0. The summed E-state index contributed by atoms with van der Waals surface area (Å²) in [6.45, 7) is 24.1. The van der Waals surface area contributed by atoms with Crippen LogP contribution in [0.5, 0.6) is 0 Å². The minimum atomic E-state index is -0.566. The lowest BCUT2D eigenvalue weighted by molar-refractivity contribution is -0.0284. The second-order valence-electron chi connectivity index (χ2n) is 11.0. The lowest BCUT2D eigenvalue weighted by atomic mass is 9.76. The molecule has 0 aliphatic rings. The van der Waals surface area contributed by atoms with Gasteiger partial charge in [-0.15, -0.1) is 6.58 Å². The zero-order valence-electron chi connectivity index (χ0n) is 19.5. The molecule has 3 nitrogen and oxygen atoms in total. The molecule has 3 heteroatoms. The highest BCUT2D eigenvalue weighted by Gasteiger charge is 2.25. The van der Waals surface area contributed by atoms with Gasteiger partial charge >= 0.3 is 0 Å². The van der Waals surface area contributed by atoms with Crippen LogP contribution < -0.4 is 0 Å². The Morgan fingerprint density at radius 3 is 1.93 bits per heavy atom. The van der Waals surface area contributed by atoms with Gasteiger partial charge in [-0.2, -0.15) is 0 Å². The van der Waals surface area contributed by atoms with Crippen molar-refractivity contribution in [3.8, 4) is 0 Å². The van der Waals surface area contributed by atoms with Gasteiger partial charge in [-0.1, -0.05) is 67.9 Å². The second-order valence-corrected chi connectivity index (χ2v) is 11.0. The molecule has 4 atom stereocenters. The van der Waals surface area contributed by atoms with Gasteiger partial charge in [0, 0.05) is 6.61 Å². The van der Waals surface area contributed by atoms with E-state index in [1.165, 1.54) is 25.7 Å². The Kier molecular flexibility index (Phi) is 12.8. The molecule has 0 fully saturated rings. The minimum absolute atomic E-state index is 0.302. The number of hydrogen-bond acceptors (Lipinski definition) is 3. The monoisotopic (exact) mass is 384 g/mol. The molecule has 0 radical (unpaired) electrons. The van der Waals surface area contributed by atoms with E-state index in [-0.39, 0.29) is 0 Å². The topological polar surface area (TPSA) is 38.7 Å². The first-order valence-corrected chi connectivity index (χ1v) is 10.8. The molecule has 0 saturated carbocycles. The molecule has 0 aromatic carbocycles. The molecule has 0 aromatic heterocycles.